The van der Waals surface area contributed by atoms with Crippen LogP contribution in [-0.2, 0) is 14.9 Å². The maximum Gasteiger partial charge on any atom is 0.278 e. The van der Waals surface area contributed by atoms with Crippen LogP contribution >= 0.6 is 0 Å². The molecule has 1 aliphatic rings. The van der Waals surface area contributed by atoms with Crippen LogP contribution in [0, 0.1) is 19.8 Å². The fourth-order valence-corrected chi connectivity index (χ4v) is 3.98. The molecule has 1 fully saturated rings. The van der Waals surface area contributed by atoms with Crippen molar-refractivity contribution in [2.45, 2.75) is 33.6 Å². The number of anilines is 3. The highest BCUT2D eigenvalue weighted by Crippen LogP contribution is 2.37. The number of amides is 1. The second kappa shape index (κ2) is 12.1. The Hall–Kier alpha value is -3.84. The number of hydrogen-bond acceptors (Lipinski definition) is 9. The zero-order valence-corrected chi connectivity index (χ0v) is 22.8. The van der Waals surface area contributed by atoms with Crippen LogP contribution in [0.2, 0.25) is 0 Å². The Kier molecular flexibility index (Phi) is 9.17. The first-order valence-electron chi connectivity index (χ1n) is 11.9. The molecule has 3 rings (SSSR count). The summed E-state index contributed by atoms with van der Waals surface area (Å²) in [5.41, 5.74) is 3.70. The Balaban J connectivity index is 2.04. The van der Waals surface area contributed by atoms with Crippen molar-refractivity contribution in [1.29, 1.82) is 0 Å². The molecule has 2 aromatic rings. The van der Waals surface area contributed by atoms with Crippen molar-refractivity contribution < 1.29 is 22.4 Å². The van der Waals surface area contributed by atoms with E-state index in [9.17, 15) is 17.6 Å². The Morgan fingerprint density at radius 3 is 2.55 bits per heavy atom. The number of rotatable bonds is 12. The molecule has 0 bridgehead atoms. The zero-order valence-electron chi connectivity index (χ0n) is 22.0. The predicted molar refractivity (Wildman–Crippen MR) is 143 cm³/mol. The topological polar surface area (TPSA) is 138 Å². The van der Waals surface area contributed by atoms with Gasteiger partial charge in [0.15, 0.2) is 0 Å². The van der Waals surface area contributed by atoms with E-state index in [1.807, 2.05) is 6.92 Å². The van der Waals surface area contributed by atoms with Gasteiger partial charge in [-0.15, -0.1) is 0 Å². The molecule has 13 heteroatoms. The van der Waals surface area contributed by atoms with Gasteiger partial charge in [-0.25, -0.2) is 33.2 Å². The smallest absolute Gasteiger partial charge is 0.278 e. The number of sulfonamides is 1. The van der Waals surface area contributed by atoms with Gasteiger partial charge in [0.2, 0.25) is 10.0 Å². The third-order valence-electron chi connectivity index (χ3n) is 5.59. The van der Waals surface area contributed by atoms with Crippen molar-refractivity contribution in [2.24, 2.45) is 5.92 Å². The fourth-order valence-electron chi connectivity index (χ4n) is 3.47. The van der Waals surface area contributed by atoms with Crippen molar-refractivity contribution in [2.75, 3.05) is 30.5 Å². The maximum absolute atomic E-state index is 14.4. The molecule has 0 saturated heterocycles. The monoisotopic (exact) mass is 545 g/mol. The van der Waals surface area contributed by atoms with Gasteiger partial charge < -0.3 is 10.6 Å². The molecule has 0 spiro atoms. The lowest BCUT2D eigenvalue weighted by Crippen LogP contribution is -2.29. The maximum atomic E-state index is 14.4. The van der Waals surface area contributed by atoms with Crippen molar-refractivity contribution >= 4 is 33.3 Å². The summed E-state index contributed by atoms with van der Waals surface area (Å²) in [6.07, 6.45) is 5.92. The molecule has 3 N–H and O–H groups in total. The minimum Gasteiger partial charge on any atom is -0.351 e. The van der Waals surface area contributed by atoms with E-state index < -0.39 is 15.9 Å². The normalized spacial score (nSPS) is 14.2. The van der Waals surface area contributed by atoms with E-state index in [4.69, 9.17) is 4.84 Å². The molecule has 0 aliphatic heterocycles. The number of aryl methyl sites for hydroxylation is 2. The highest BCUT2D eigenvalue weighted by molar-refractivity contribution is 7.88. The number of allylic oxidation sites excluding steroid dienone is 2. The first kappa shape index (κ1) is 28.7. The summed E-state index contributed by atoms with van der Waals surface area (Å²) in [5.74, 6) is 0.892. The van der Waals surface area contributed by atoms with E-state index in [1.54, 1.807) is 19.9 Å². The quantitative estimate of drug-likeness (QED) is 0.268. The molecule has 1 amide bonds. The van der Waals surface area contributed by atoms with Crippen LogP contribution in [0.15, 0.2) is 54.3 Å². The van der Waals surface area contributed by atoms with Crippen molar-refractivity contribution in [3.63, 3.8) is 0 Å². The minimum absolute atomic E-state index is 0.0245. The molecule has 0 atom stereocenters. The second-order valence-corrected chi connectivity index (χ2v) is 10.8. The number of nitrogens with one attached hydrogen (secondary N) is 3. The second-order valence-electron chi connectivity index (χ2n) is 8.80. The number of hydroxylamine groups is 1. The zero-order chi connectivity index (χ0) is 28.0. The summed E-state index contributed by atoms with van der Waals surface area (Å²) >= 11 is 0. The Morgan fingerprint density at radius 2 is 1.97 bits per heavy atom. The van der Waals surface area contributed by atoms with Crippen molar-refractivity contribution in [1.82, 2.24) is 24.7 Å². The molecule has 204 valence electrons. The molecule has 0 radical (unpaired) electrons. The van der Waals surface area contributed by atoms with Crippen LogP contribution in [0.4, 0.5) is 21.7 Å². The summed E-state index contributed by atoms with van der Waals surface area (Å²) in [5, 5.41) is 5.91. The first-order chi connectivity index (χ1) is 17.9. The predicted octanol–water partition coefficient (Wildman–Crippen LogP) is 3.88. The number of nitrogens with zero attached hydrogens (tertiary/aromatic N) is 4. The van der Waals surface area contributed by atoms with Crippen molar-refractivity contribution in [3.05, 3.63) is 71.4 Å². The lowest BCUT2D eigenvalue weighted by atomic mass is 10.1. The molecule has 2 heterocycles. The number of halogens is 1. The third kappa shape index (κ3) is 7.59. The van der Waals surface area contributed by atoms with E-state index in [-0.39, 0.29) is 41.5 Å². The van der Waals surface area contributed by atoms with Gasteiger partial charge in [-0.1, -0.05) is 6.58 Å². The Bertz CT molecular complexity index is 1370. The average molecular weight is 546 g/mol. The van der Waals surface area contributed by atoms with E-state index in [2.05, 4.69) is 37.6 Å². The summed E-state index contributed by atoms with van der Waals surface area (Å²) in [4.78, 5) is 30.6. The van der Waals surface area contributed by atoms with Crippen LogP contribution < -0.4 is 16.1 Å². The van der Waals surface area contributed by atoms with Gasteiger partial charge in [-0.3, -0.25) is 13.9 Å². The summed E-state index contributed by atoms with van der Waals surface area (Å²) in [7, 11) is -2.44. The van der Waals surface area contributed by atoms with Gasteiger partial charge in [0, 0.05) is 31.1 Å². The van der Waals surface area contributed by atoms with E-state index >= 15 is 0 Å². The lowest BCUT2D eigenvalue weighted by molar-refractivity contribution is 0.0365. The van der Waals surface area contributed by atoms with E-state index in [1.165, 1.54) is 25.4 Å². The van der Waals surface area contributed by atoms with Gasteiger partial charge in [-0.05, 0) is 51.2 Å². The van der Waals surface area contributed by atoms with E-state index in [0.717, 1.165) is 29.1 Å². The molecule has 0 aromatic carbocycles. The standard InChI is InChI=1S/C25H32FN7O4S/c1-7-37-32-25(34)19-14-27-23(31-24-11-16(3)28-17(4)29-24)12-20(19)30-21(13-26)22(33(5)38(6,35)36)10-15(2)18-8-9-18/h10-14,18H,2,7-9H2,1,3-6H3,(H,32,34)(H2,27,28,29,30,31)/b21-13+,22-10+. The first-order valence-corrected chi connectivity index (χ1v) is 13.7. The third-order valence-corrected chi connectivity index (χ3v) is 6.79. The molecule has 1 saturated carbocycles. The minimum atomic E-state index is -3.76. The summed E-state index contributed by atoms with van der Waals surface area (Å²) in [6.45, 7) is 9.50. The van der Waals surface area contributed by atoms with Crippen LogP contribution in [-0.4, -0.2) is 53.5 Å². The summed E-state index contributed by atoms with van der Waals surface area (Å²) < 4.78 is 40.1. The molecule has 0 unspecified atom stereocenters. The lowest BCUT2D eigenvalue weighted by Gasteiger charge is -2.24. The SMILES string of the molecule is C=C(/C=C(\C(=C/F)Nc1cc(Nc2cc(C)nc(C)n2)ncc1C(=O)NOCC)N(C)S(C)(=O)=O)C1CC1. The number of carbonyl (C=O) groups is 1. The molecular weight excluding hydrogens is 513 g/mol. The highest BCUT2D eigenvalue weighted by Gasteiger charge is 2.27. The van der Waals surface area contributed by atoms with Gasteiger partial charge in [0.05, 0.1) is 35.5 Å². The van der Waals surface area contributed by atoms with Crippen molar-refractivity contribution in [3.8, 4) is 0 Å². The Morgan fingerprint density at radius 1 is 1.26 bits per heavy atom. The van der Waals surface area contributed by atoms with Gasteiger partial charge in [0.25, 0.3) is 5.91 Å². The largest absolute Gasteiger partial charge is 0.351 e. The van der Waals surface area contributed by atoms with Crippen LogP contribution in [0.5, 0.6) is 0 Å². The van der Waals surface area contributed by atoms with Crippen LogP contribution in [0.25, 0.3) is 0 Å². The molecule has 38 heavy (non-hydrogen) atoms. The molecule has 1 aliphatic carbocycles. The summed E-state index contributed by atoms with van der Waals surface area (Å²) in [6, 6.07) is 3.20. The number of hydrogen-bond donors (Lipinski definition) is 3. The molecule has 2 aromatic heterocycles. The van der Waals surface area contributed by atoms with E-state index in [0.29, 0.717) is 23.0 Å². The average Bonchev–Trinajstić information content (AvgIpc) is 3.68. The van der Waals surface area contributed by atoms with Gasteiger partial charge in [-0.2, -0.15) is 0 Å². The highest BCUT2D eigenvalue weighted by atomic mass is 32.2. The molecular formula is C25H32FN7O4S. The fraction of sp³-hybridized carbons (Fsp3) is 0.360. The molecule has 11 nitrogen and oxygen atoms in total. The number of pyridine rings is 1. The Labute approximate surface area is 221 Å². The number of likely N-dealkylation sites (N-methyl/N-ethyl adjacent to an activating group) is 1. The van der Waals surface area contributed by atoms with Crippen LogP contribution in [0.3, 0.4) is 0 Å². The van der Waals surface area contributed by atoms with Gasteiger partial charge >= 0.3 is 0 Å². The number of carbonyl (C=O) groups excluding carboxylic acids is 1. The number of aromatic nitrogens is 3. The van der Waals surface area contributed by atoms with Gasteiger partial charge in [0.1, 0.15) is 23.8 Å². The van der Waals surface area contributed by atoms with Crippen LogP contribution in [0.1, 0.15) is 41.6 Å².